The molecule has 0 atom stereocenters. The molecule has 0 aliphatic rings. The molecule has 0 aliphatic heterocycles. The fraction of sp³-hybridized carbons (Fsp3) is 0.444. The zero-order valence-corrected chi connectivity index (χ0v) is 35.7. The molecular weight excluding hydrogens is 671 g/mol. The van der Waals surface area contributed by atoms with Crippen LogP contribution in [0.4, 0.5) is 0 Å². The molecular formula is C45H70Cl2N2O2. The number of halogens is 2. The molecule has 286 valence electrons. The first-order chi connectivity index (χ1) is 23.9. The monoisotopic (exact) mass is 740 g/mol. The van der Waals surface area contributed by atoms with Crippen molar-refractivity contribution in [3.63, 3.8) is 0 Å². The van der Waals surface area contributed by atoms with Crippen molar-refractivity contribution >= 4 is 34.7 Å². The Morgan fingerprint density at radius 3 is 1.76 bits per heavy atom. The number of hydrogen-bond donors (Lipinski definition) is 2. The first kappa shape index (κ1) is 52.2. The Morgan fingerprint density at radius 2 is 1.41 bits per heavy atom. The van der Waals surface area contributed by atoms with E-state index in [1.165, 1.54) is 28.7 Å². The second-order valence-electron chi connectivity index (χ2n) is 12.7. The highest BCUT2D eigenvalue weighted by Gasteiger charge is 2.10. The Morgan fingerprint density at radius 1 is 0.922 bits per heavy atom. The number of ether oxygens (including phenoxy) is 1. The molecule has 0 saturated heterocycles. The Kier molecular flexibility index (Phi) is 33.5. The van der Waals surface area contributed by atoms with Gasteiger partial charge in [-0.3, -0.25) is 4.79 Å². The molecule has 3 N–H and O–H groups in total. The lowest BCUT2D eigenvalue weighted by molar-refractivity contribution is -0.116. The van der Waals surface area contributed by atoms with Crippen molar-refractivity contribution in [2.75, 3.05) is 20.2 Å². The van der Waals surface area contributed by atoms with Gasteiger partial charge in [0.15, 0.2) is 0 Å². The van der Waals surface area contributed by atoms with Crippen LogP contribution >= 0.6 is 23.2 Å². The van der Waals surface area contributed by atoms with Crippen molar-refractivity contribution in [1.29, 1.82) is 0 Å². The molecule has 0 fully saturated rings. The van der Waals surface area contributed by atoms with Gasteiger partial charge in [0.1, 0.15) is 11.5 Å². The normalized spacial score (nSPS) is 9.96. The Bertz CT molecular complexity index is 1370. The molecule has 0 amide bonds. The van der Waals surface area contributed by atoms with Gasteiger partial charge in [0.2, 0.25) is 0 Å². The van der Waals surface area contributed by atoms with E-state index >= 15 is 0 Å². The molecule has 4 nitrogen and oxygen atoms in total. The summed E-state index contributed by atoms with van der Waals surface area (Å²) in [5.41, 5.74) is 13.2. The number of allylic oxidation sites excluding steroid dienone is 3. The van der Waals surface area contributed by atoms with Crippen molar-refractivity contribution < 1.29 is 9.53 Å². The molecule has 0 spiro atoms. The molecule has 0 aliphatic carbocycles. The van der Waals surface area contributed by atoms with Crippen LogP contribution in [0.1, 0.15) is 102 Å². The number of ketones is 1. The maximum atomic E-state index is 10.7. The summed E-state index contributed by atoms with van der Waals surface area (Å²) in [6.45, 7) is 33.5. The molecule has 3 aromatic rings. The number of aryl methyl sites for hydroxylation is 3. The Balaban J connectivity index is -0.000000601. The number of rotatable bonds is 10. The van der Waals surface area contributed by atoms with Crippen molar-refractivity contribution in [2.24, 2.45) is 11.7 Å². The minimum Gasteiger partial charge on any atom is -0.497 e. The van der Waals surface area contributed by atoms with Gasteiger partial charge in [-0.05, 0) is 108 Å². The summed E-state index contributed by atoms with van der Waals surface area (Å²) in [5, 5.41) is 4.65. The SMILES string of the molecule is C=C(OC)c1cc(Cl)c(CCNC(C)C)cc1Cl.C=CC.CC(=O)Cc1ccc(C)cc1.CC/C=C(/C)C(C)C.CCN.Cc1ccccc1C. The summed E-state index contributed by atoms with van der Waals surface area (Å²) in [5.74, 6) is 1.47. The maximum absolute atomic E-state index is 10.7. The maximum Gasteiger partial charge on any atom is 0.134 e. The molecule has 6 heteroatoms. The van der Waals surface area contributed by atoms with Crippen molar-refractivity contribution in [2.45, 2.75) is 108 Å². The molecule has 0 unspecified atom stereocenters. The average Bonchev–Trinajstić information content (AvgIpc) is 3.06. The van der Waals surface area contributed by atoms with Crippen molar-refractivity contribution in [1.82, 2.24) is 5.32 Å². The van der Waals surface area contributed by atoms with Crippen LogP contribution in [0.2, 0.25) is 10.0 Å². The number of hydrogen-bond acceptors (Lipinski definition) is 4. The topological polar surface area (TPSA) is 64.3 Å². The van der Waals surface area contributed by atoms with Crippen molar-refractivity contribution in [3.8, 4) is 0 Å². The van der Waals surface area contributed by atoms with Gasteiger partial charge in [0.05, 0.1) is 12.1 Å². The highest BCUT2D eigenvalue weighted by molar-refractivity contribution is 6.35. The van der Waals surface area contributed by atoms with Crippen LogP contribution in [0.25, 0.3) is 5.76 Å². The number of methoxy groups -OCH3 is 1. The van der Waals surface area contributed by atoms with Crippen LogP contribution < -0.4 is 11.1 Å². The number of nitrogens with one attached hydrogen (secondary N) is 1. The Labute approximate surface area is 323 Å². The van der Waals surface area contributed by atoms with Crippen LogP contribution in [0, 0.1) is 26.7 Å². The predicted molar refractivity (Wildman–Crippen MR) is 230 cm³/mol. The van der Waals surface area contributed by atoms with E-state index in [1.807, 2.05) is 51.1 Å². The van der Waals surface area contributed by atoms with E-state index < -0.39 is 0 Å². The van der Waals surface area contributed by atoms with Gasteiger partial charge >= 0.3 is 0 Å². The molecule has 0 heterocycles. The summed E-state index contributed by atoms with van der Waals surface area (Å²) >= 11 is 12.4. The minimum atomic E-state index is 0.217. The standard InChI is InChI=1S/C14H19Cl2NO.C10H12O.C8H10.C8H16.C3H6.C2H7N/c1-9(2)17-6-5-11-7-14(16)12(8-13(11)15)10(3)18-4;1-8-3-5-10(6-4-8)7-9(2)11;1-7-5-3-4-6-8(7)2;1-5-6-8(4)7(2)3;1-3-2;1-2-3/h7-9,17H,3,5-6H2,1-2,4H3;3-6H,7H2,1-2H3;3-6H,1-2H3;6-7H,5H2,1-4H3;3H,1H2,2H3;2-3H2,1H3/b;;;8-6-;;. The highest BCUT2D eigenvalue weighted by atomic mass is 35.5. The predicted octanol–water partition coefficient (Wildman–Crippen LogP) is 12.7. The van der Waals surface area contributed by atoms with Gasteiger partial charge in [-0.25, -0.2) is 0 Å². The number of benzene rings is 3. The van der Waals surface area contributed by atoms with E-state index in [0.717, 1.165) is 42.1 Å². The van der Waals surface area contributed by atoms with Crippen LogP contribution in [-0.2, 0) is 22.4 Å². The number of Topliss-reactive ketones (excluding diaryl/α,β-unsaturated/α-hetero) is 1. The minimum absolute atomic E-state index is 0.217. The van der Waals surface area contributed by atoms with Gasteiger partial charge < -0.3 is 15.8 Å². The smallest absolute Gasteiger partial charge is 0.134 e. The molecule has 0 aromatic heterocycles. The van der Waals surface area contributed by atoms with E-state index in [9.17, 15) is 4.79 Å². The second-order valence-corrected chi connectivity index (χ2v) is 13.5. The van der Waals surface area contributed by atoms with Gasteiger partial charge in [-0.2, -0.15) is 0 Å². The quantitative estimate of drug-likeness (QED) is 0.160. The second kappa shape index (κ2) is 32.7. The lowest BCUT2D eigenvalue weighted by Crippen LogP contribution is -2.25. The van der Waals surface area contributed by atoms with E-state index in [-0.39, 0.29) is 5.78 Å². The fourth-order valence-electron chi connectivity index (χ4n) is 3.81. The zero-order chi connectivity index (χ0) is 39.9. The summed E-state index contributed by atoms with van der Waals surface area (Å²) < 4.78 is 5.07. The third-order valence-corrected chi connectivity index (χ3v) is 7.73. The molecule has 0 radical (unpaired) electrons. The van der Waals surface area contributed by atoms with Crippen LogP contribution in [0.3, 0.4) is 0 Å². The number of carbonyl (C=O) groups is 1. The summed E-state index contributed by atoms with van der Waals surface area (Å²) in [7, 11) is 1.56. The average molecular weight is 742 g/mol. The number of carbonyl (C=O) groups excluding carboxylic acids is 1. The van der Waals surface area contributed by atoms with Crippen molar-refractivity contribution in [3.05, 3.63) is 135 Å². The van der Waals surface area contributed by atoms with Crippen LogP contribution in [-0.4, -0.2) is 32.0 Å². The summed E-state index contributed by atoms with van der Waals surface area (Å²) in [6.07, 6.45) is 6.60. The third kappa shape index (κ3) is 29.2. The summed E-state index contributed by atoms with van der Waals surface area (Å²) in [6, 6.07) is 20.6. The molecule has 0 bridgehead atoms. The number of nitrogens with two attached hydrogens (primary N) is 1. The molecule has 3 aromatic carbocycles. The fourth-order valence-corrected chi connectivity index (χ4v) is 4.36. The Hall–Kier alpha value is -3.15. The van der Waals surface area contributed by atoms with Gasteiger partial charge in [-0.15, -0.1) is 6.58 Å². The van der Waals surface area contributed by atoms with Gasteiger partial charge in [0, 0.05) is 23.0 Å². The largest absolute Gasteiger partial charge is 0.497 e. The van der Waals surface area contributed by atoms with Crippen LogP contribution in [0.5, 0.6) is 0 Å². The van der Waals surface area contributed by atoms with Gasteiger partial charge in [-0.1, -0.05) is 143 Å². The van der Waals surface area contributed by atoms with E-state index in [4.69, 9.17) is 33.7 Å². The lowest BCUT2D eigenvalue weighted by Gasteiger charge is -2.12. The lowest BCUT2D eigenvalue weighted by atomic mass is 10.0. The third-order valence-electron chi connectivity index (χ3n) is 7.07. The van der Waals surface area contributed by atoms with Crippen LogP contribution in [0.15, 0.2) is 91.5 Å². The molecule has 0 saturated carbocycles. The van der Waals surface area contributed by atoms with E-state index in [2.05, 4.69) is 104 Å². The molecule has 3 rings (SSSR count). The zero-order valence-electron chi connectivity index (χ0n) is 34.2. The van der Waals surface area contributed by atoms with Gasteiger partial charge in [0.25, 0.3) is 0 Å². The van der Waals surface area contributed by atoms with E-state index in [0.29, 0.717) is 28.3 Å². The first-order valence-corrected chi connectivity index (χ1v) is 18.7. The van der Waals surface area contributed by atoms with E-state index in [1.54, 1.807) is 26.2 Å². The summed E-state index contributed by atoms with van der Waals surface area (Å²) in [4.78, 5) is 10.7. The first-order valence-electron chi connectivity index (χ1n) is 17.9. The molecule has 51 heavy (non-hydrogen) atoms. The highest BCUT2D eigenvalue weighted by Crippen LogP contribution is 2.30.